The maximum atomic E-state index is 14.0. The number of rotatable bonds is 11. The number of carbonyl (C=O) groups excluding carboxylic acids is 3. The topological polar surface area (TPSA) is 137 Å². The van der Waals surface area contributed by atoms with Gasteiger partial charge in [0.05, 0.1) is 6.42 Å². The molecule has 0 heterocycles. The molecule has 0 aromatic heterocycles. The summed E-state index contributed by atoms with van der Waals surface area (Å²) in [7, 11) is 0. The van der Waals surface area contributed by atoms with Gasteiger partial charge in [0.2, 0.25) is 11.8 Å². The van der Waals surface area contributed by atoms with E-state index < -0.39 is 35.1 Å². The number of aromatic hydroxyl groups is 2. The molecule has 9 nitrogen and oxygen atoms in total. The van der Waals surface area contributed by atoms with Crippen LogP contribution in [0.4, 0.5) is 4.79 Å². The first-order valence-corrected chi connectivity index (χ1v) is 14.7. The van der Waals surface area contributed by atoms with E-state index in [0.717, 1.165) is 16.7 Å². The Morgan fingerprint density at radius 2 is 1.27 bits per heavy atom. The molecule has 4 rings (SSSR count). The maximum Gasteiger partial charge on any atom is 0.408 e. The van der Waals surface area contributed by atoms with Gasteiger partial charge in [0.25, 0.3) is 0 Å². The van der Waals surface area contributed by atoms with Crippen molar-refractivity contribution in [3.8, 4) is 11.5 Å². The van der Waals surface area contributed by atoms with Gasteiger partial charge in [0.15, 0.2) is 0 Å². The summed E-state index contributed by atoms with van der Waals surface area (Å²) in [5.74, 6) is -1.27. The molecule has 0 aliphatic carbocycles. The van der Waals surface area contributed by atoms with Gasteiger partial charge in [-0.25, -0.2) is 4.79 Å². The van der Waals surface area contributed by atoms with E-state index in [9.17, 15) is 24.6 Å². The standard InChI is InChI=1S/C36H39N3O6/c1-35(2,3)45-34(44)38-30(33(43)37-22-21-25-19-20-29(40)23-31(25)41)24-32(42)39-36(26-13-7-4-8-14-26,27-15-9-5-10-16-27)28-17-11-6-12-18-28/h4-20,23,30,40-41H,21-22,24H2,1-3H3,(H,37,43)(H,38,44)(H,39,42)/t30-/m1/s1. The molecule has 0 fully saturated rings. The Morgan fingerprint density at radius 3 is 1.73 bits per heavy atom. The fraction of sp³-hybridized carbons (Fsp3) is 0.250. The van der Waals surface area contributed by atoms with Crippen molar-refractivity contribution in [2.75, 3.05) is 6.54 Å². The van der Waals surface area contributed by atoms with Gasteiger partial charge in [-0.15, -0.1) is 0 Å². The van der Waals surface area contributed by atoms with Crippen LogP contribution in [0.3, 0.4) is 0 Å². The number of phenolic OH excluding ortho intramolecular Hbond substituents is 2. The van der Waals surface area contributed by atoms with Gasteiger partial charge in [0.1, 0.15) is 28.7 Å². The van der Waals surface area contributed by atoms with Crippen molar-refractivity contribution in [1.29, 1.82) is 0 Å². The first-order valence-electron chi connectivity index (χ1n) is 14.7. The van der Waals surface area contributed by atoms with Crippen LogP contribution in [0.15, 0.2) is 109 Å². The molecular formula is C36H39N3O6. The highest BCUT2D eigenvalue weighted by molar-refractivity contribution is 5.91. The lowest BCUT2D eigenvalue weighted by atomic mass is 9.77. The monoisotopic (exact) mass is 609 g/mol. The smallest absolute Gasteiger partial charge is 0.408 e. The zero-order chi connectivity index (χ0) is 32.5. The molecule has 0 saturated heterocycles. The van der Waals surface area contributed by atoms with Gasteiger partial charge in [-0.3, -0.25) is 9.59 Å². The van der Waals surface area contributed by atoms with Crippen LogP contribution in [0.2, 0.25) is 0 Å². The molecule has 4 aromatic carbocycles. The molecule has 9 heteroatoms. The van der Waals surface area contributed by atoms with Crippen molar-refractivity contribution in [3.05, 3.63) is 131 Å². The van der Waals surface area contributed by atoms with Crippen LogP contribution in [0.1, 0.15) is 49.4 Å². The zero-order valence-electron chi connectivity index (χ0n) is 25.6. The predicted octanol–water partition coefficient (Wildman–Crippen LogP) is 5.15. The molecule has 0 saturated carbocycles. The van der Waals surface area contributed by atoms with Crippen LogP contribution >= 0.6 is 0 Å². The minimum atomic E-state index is -1.27. The van der Waals surface area contributed by atoms with E-state index in [1.165, 1.54) is 12.1 Å². The third-order valence-corrected chi connectivity index (χ3v) is 7.11. The first kappa shape index (κ1) is 32.6. The van der Waals surface area contributed by atoms with E-state index >= 15 is 0 Å². The molecule has 234 valence electrons. The summed E-state index contributed by atoms with van der Waals surface area (Å²) >= 11 is 0. The molecular weight excluding hydrogens is 570 g/mol. The van der Waals surface area contributed by atoms with Crippen molar-refractivity contribution in [3.63, 3.8) is 0 Å². The minimum absolute atomic E-state index is 0.0782. The number of hydrogen-bond acceptors (Lipinski definition) is 6. The average Bonchev–Trinajstić information content (AvgIpc) is 3.01. The van der Waals surface area contributed by atoms with E-state index in [4.69, 9.17) is 4.74 Å². The minimum Gasteiger partial charge on any atom is -0.508 e. The lowest BCUT2D eigenvalue weighted by Gasteiger charge is -2.37. The summed E-state index contributed by atoms with van der Waals surface area (Å²) in [6.07, 6.45) is -0.973. The lowest BCUT2D eigenvalue weighted by Crippen LogP contribution is -2.53. The number of ether oxygens (including phenoxy) is 1. The third kappa shape index (κ3) is 8.63. The summed E-state index contributed by atoms with van der Waals surface area (Å²) in [5.41, 5.74) is 1.01. The summed E-state index contributed by atoms with van der Waals surface area (Å²) in [4.78, 5) is 40.2. The van der Waals surface area contributed by atoms with Crippen LogP contribution in [0, 0.1) is 0 Å². The van der Waals surface area contributed by atoms with Gasteiger partial charge < -0.3 is 30.9 Å². The predicted molar refractivity (Wildman–Crippen MR) is 172 cm³/mol. The van der Waals surface area contributed by atoms with Gasteiger partial charge in [-0.1, -0.05) is 97.1 Å². The van der Waals surface area contributed by atoms with Crippen LogP contribution in [-0.4, -0.2) is 46.3 Å². The Bertz CT molecular complexity index is 1490. The fourth-order valence-corrected chi connectivity index (χ4v) is 5.09. The number of nitrogens with one attached hydrogen (secondary N) is 3. The van der Waals surface area contributed by atoms with Crippen molar-refractivity contribution >= 4 is 17.9 Å². The molecule has 0 spiro atoms. The highest BCUT2D eigenvalue weighted by Crippen LogP contribution is 2.37. The van der Waals surface area contributed by atoms with E-state index in [1.54, 1.807) is 26.8 Å². The molecule has 1 atom stereocenters. The first-order chi connectivity index (χ1) is 21.5. The number of benzene rings is 4. The number of amides is 3. The highest BCUT2D eigenvalue weighted by Gasteiger charge is 2.39. The van der Waals surface area contributed by atoms with Crippen LogP contribution < -0.4 is 16.0 Å². The van der Waals surface area contributed by atoms with Crippen LogP contribution in [-0.2, 0) is 26.3 Å². The summed E-state index contributed by atoms with van der Waals surface area (Å²) in [5, 5.41) is 28.2. The normalized spacial score (nSPS) is 12.1. The Labute approximate surface area is 263 Å². The molecule has 3 amide bonds. The molecule has 4 aromatic rings. The second-order valence-corrected chi connectivity index (χ2v) is 11.7. The maximum absolute atomic E-state index is 14.0. The van der Waals surface area contributed by atoms with Gasteiger partial charge in [-0.05, 0) is 55.5 Å². The Balaban J connectivity index is 1.62. The van der Waals surface area contributed by atoms with Crippen molar-refractivity contribution < 1.29 is 29.3 Å². The summed E-state index contributed by atoms with van der Waals surface area (Å²) in [6.45, 7) is 5.21. The quantitative estimate of drug-likeness (QED) is 0.149. The van der Waals surface area contributed by atoms with E-state index in [2.05, 4.69) is 16.0 Å². The molecule has 0 aliphatic heterocycles. The summed E-state index contributed by atoms with van der Waals surface area (Å²) < 4.78 is 5.39. The molecule has 45 heavy (non-hydrogen) atoms. The number of alkyl carbamates (subject to hydrolysis) is 1. The highest BCUT2D eigenvalue weighted by atomic mass is 16.6. The average molecular weight is 610 g/mol. The molecule has 0 aliphatic rings. The molecule has 0 bridgehead atoms. The van der Waals surface area contributed by atoms with Crippen molar-refractivity contribution in [2.45, 2.75) is 50.8 Å². The number of hydrogen-bond donors (Lipinski definition) is 5. The van der Waals surface area contributed by atoms with Gasteiger partial charge in [-0.2, -0.15) is 0 Å². The Morgan fingerprint density at radius 1 is 0.756 bits per heavy atom. The van der Waals surface area contributed by atoms with E-state index in [0.29, 0.717) is 5.56 Å². The Hall–Kier alpha value is -5.31. The molecule has 5 N–H and O–H groups in total. The van der Waals surface area contributed by atoms with Crippen molar-refractivity contribution in [1.82, 2.24) is 16.0 Å². The molecule has 0 unspecified atom stereocenters. The van der Waals surface area contributed by atoms with E-state index in [1.807, 2.05) is 91.0 Å². The summed E-state index contributed by atoms with van der Waals surface area (Å²) in [6, 6.07) is 31.6. The van der Waals surface area contributed by atoms with Gasteiger partial charge >= 0.3 is 6.09 Å². The zero-order valence-corrected chi connectivity index (χ0v) is 25.6. The van der Waals surface area contributed by atoms with Crippen LogP contribution in [0.5, 0.6) is 11.5 Å². The molecule has 0 radical (unpaired) electrons. The lowest BCUT2D eigenvalue weighted by molar-refractivity contribution is -0.129. The van der Waals surface area contributed by atoms with Crippen LogP contribution in [0.25, 0.3) is 0 Å². The second-order valence-electron chi connectivity index (χ2n) is 11.7. The number of phenols is 2. The SMILES string of the molecule is CC(C)(C)OC(=O)N[C@H](CC(=O)NC(c1ccccc1)(c1ccccc1)c1ccccc1)C(=O)NCCc1ccc(O)cc1O. The van der Waals surface area contributed by atoms with Gasteiger partial charge in [0, 0.05) is 12.6 Å². The third-order valence-electron chi connectivity index (χ3n) is 7.11. The van der Waals surface area contributed by atoms with Crippen molar-refractivity contribution in [2.24, 2.45) is 0 Å². The largest absolute Gasteiger partial charge is 0.508 e. The Kier molecular flexibility index (Phi) is 10.5. The number of carbonyl (C=O) groups is 3. The fourth-order valence-electron chi connectivity index (χ4n) is 5.09. The second kappa shape index (κ2) is 14.4. The van der Waals surface area contributed by atoms with E-state index in [-0.39, 0.29) is 30.9 Å².